The molecule has 0 aromatic rings. The predicted octanol–water partition coefficient (Wildman–Crippen LogP) is 2.70. The highest BCUT2D eigenvalue weighted by atomic mass is 32.2. The summed E-state index contributed by atoms with van der Waals surface area (Å²) < 4.78 is 0. The van der Waals surface area contributed by atoms with Crippen LogP contribution in [0.4, 0.5) is 0 Å². The van der Waals surface area contributed by atoms with E-state index in [9.17, 15) is 0 Å². The lowest BCUT2D eigenvalue weighted by atomic mass is 10.5. The minimum atomic E-state index is 0.261. The molecule has 0 heterocycles. The fourth-order valence-electron chi connectivity index (χ4n) is 1.08. The molecule has 0 amide bonds. The summed E-state index contributed by atoms with van der Waals surface area (Å²) in [4.78, 5) is 0. The molecule has 0 spiro atoms. The minimum absolute atomic E-state index is 0.261. The first-order valence-corrected chi connectivity index (χ1v) is 10.7. The first kappa shape index (κ1) is 19.1. The number of rotatable bonds is 12. The third-order valence-electron chi connectivity index (χ3n) is 1.90. The molecule has 0 saturated heterocycles. The van der Waals surface area contributed by atoms with Crippen molar-refractivity contribution in [3.63, 3.8) is 0 Å². The number of hydrogen-bond donors (Lipinski definition) is 4. The molecule has 0 aliphatic heterocycles. The molecular formula is C10H22OS6. The lowest BCUT2D eigenvalue weighted by Crippen LogP contribution is -2.15. The molecule has 104 valence electrons. The maximum atomic E-state index is 8.79. The molecule has 1 N–H and O–H groups in total. The van der Waals surface area contributed by atoms with Gasteiger partial charge < -0.3 is 5.11 Å². The summed E-state index contributed by atoms with van der Waals surface area (Å²) in [5.41, 5.74) is 0. The second kappa shape index (κ2) is 14.5. The highest BCUT2D eigenvalue weighted by Gasteiger charge is 2.11. The summed E-state index contributed by atoms with van der Waals surface area (Å²) in [6.45, 7) is 0.261. The van der Waals surface area contributed by atoms with E-state index in [-0.39, 0.29) is 6.61 Å². The molecule has 2 unspecified atom stereocenters. The molecule has 0 aromatic carbocycles. The number of thioether (sulfide) groups is 3. The first-order chi connectivity index (χ1) is 8.28. The lowest BCUT2D eigenvalue weighted by Gasteiger charge is -2.16. The van der Waals surface area contributed by atoms with E-state index in [0.29, 0.717) is 10.5 Å². The van der Waals surface area contributed by atoms with Crippen molar-refractivity contribution < 1.29 is 5.11 Å². The third kappa shape index (κ3) is 11.6. The van der Waals surface area contributed by atoms with E-state index in [4.69, 9.17) is 5.11 Å². The molecule has 0 aliphatic rings. The van der Waals surface area contributed by atoms with Crippen LogP contribution in [0.25, 0.3) is 0 Å². The van der Waals surface area contributed by atoms with Crippen LogP contribution in [0.3, 0.4) is 0 Å². The van der Waals surface area contributed by atoms with Crippen molar-refractivity contribution in [2.24, 2.45) is 0 Å². The first-order valence-electron chi connectivity index (χ1n) is 5.52. The SMILES string of the molecule is OCCSC(CS)CSCC(CS)SCCS. The molecule has 0 fully saturated rings. The van der Waals surface area contributed by atoms with Crippen molar-refractivity contribution in [1.82, 2.24) is 0 Å². The summed E-state index contributed by atoms with van der Waals surface area (Å²) in [6, 6.07) is 0. The van der Waals surface area contributed by atoms with Gasteiger partial charge in [0, 0.05) is 45.0 Å². The maximum Gasteiger partial charge on any atom is 0.0521 e. The Morgan fingerprint density at radius 3 is 1.82 bits per heavy atom. The largest absolute Gasteiger partial charge is 0.396 e. The summed E-state index contributed by atoms with van der Waals surface area (Å²) in [7, 11) is 0. The van der Waals surface area contributed by atoms with Crippen LogP contribution in [0.2, 0.25) is 0 Å². The Hall–Kier alpha value is 2.06. The average Bonchev–Trinajstić information content (AvgIpc) is 2.37. The highest BCUT2D eigenvalue weighted by Crippen LogP contribution is 2.22. The number of aliphatic hydroxyl groups is 1. The van der Waals surface area contributed by atoms with Gasteiger partial charge in [-0.15, -0.1) is 0 Å². The zero-order chi connectivity index (χ0) is 12.9. The Balaban J connectivity index is 3.61. The van der Waals surface area contributed by atoms with Crippen LogP contribution in [0.5, 0.6) is 0 Å². The van der Waals surface area contributed by atoms with Crippen molar-refractivity contribution >= 4 is 73.2 Å². The van der Waals surface area contributed by atoms with Crippen molar-refractivity contribution in [3.8, 4) is 0 Å². The Labute approximate surface area is 135 Å². The zero-order valence-corrected chi connectivity index (χ0v) is 15.0. The van der Waals surface area contributed by atoms with Crippen molar-refractivity contribution in [3.05, 3.63) is 0 Å². The monoisotopic (exact) mass is 350 g/mol. The van der Waals surface area contributed by atoms with E-state index >= 15 is 0 Å². The van der Waals surface area contributed by atoms with Crippen molar-refractivity contribution in [2.75, 3.05) is 46.9 Å². The molecule has 17 heavy (non-hydrogen) atoms. The van der Waals surface area contributed by atoms with Gasteiger partial charge in [0.2, 0.25) is 0 Å². The summed E-state index contributed by atoms with van der Waals surface area (Å²) >= 11 is 18.7. The predicted molar refractivity (Wildman–Crippen MR) is 98.5 cm³/mol. The Bertz CT molecular complexity index is 144. The molecule has 7 heteroatoms. The van der Waals surface area contributed by atoms with E-state index in [1.54, 1.807) is 0 Å². The minimum Gasteiger partial charge on any atom is -0.396 e. The van der Waals surface area contributed by atoms with Crippen molar-refractivity contribution in [1.29, 1.82) is 0 Å². The fourth-order valence-corrected chi connectivity index (χ4v) is 5.97. The average molecular weight is 351 g/mol. The van der Waals surface area contributed by atoms with Gasteiger partial charge in [-0.05, 0) is 5.75 Å². The van der Waals surface area contributed by atoms with Crippen LogP contribution in [-0.4, -0.2) is 62.5 Å². The van der Waals surface area contributed by atoms with Crippen LogP contribution in [0, 0.1) is 0 Å². The molecule has 0 aromatic heterocycles. The second-order valence-corrected chi connectivity index (χ2v) is 8.40. The summed E-state index contributed by atoms with van der Waals surface area (Å²) in [5.74, 6) is 6.92. The van der Waals surface area contributed by atoms with E-state index < -0.39 is 0 Å². The zero-order valence-electron chi connectivity index (χ0n) is 9.83. The maximum absolute atomic E-state index is 8.79. The van der Waals surface area contributed by atoms with Gasteiger partial charge >= 0.3 is 0 Å². The van der Waals surface area contributed by atoms with Gasteiger partial charge in [0.15, 0.2) is 0 Å². The van der Waals surface area contributed by atoms with Crippen LogP contribution in [0.15, 0.2) is 0 Å². The van der Waals surface area contributed by atoms with Gasteiger partial charge in [-0.25, -0.2) is 0 Å². The molecule has 0 rings (SSSR count). The number of thiol groups is 3. The van der Waals surface area contributed by atoms with Gasteiger partial charge in [0.25, 0.3) is 0 Å². The van der Waals surface area contributed by atoms with Crippen LogP contribution >= 0.6 is 73.2 Å². The molecule has 0 aliphatic carbocycles. The molecule has 0 radical (unpaired) electrons. The second-order valence-electron chi connectivity index (χ2n) is 3.34. The van der Waals surface area contributed by atoms with Gasteiger partial charge in [0.05, 0.1) is 6.61 Å². The van der Waals surface area contributed by atoms with E-state index in [1.807, 2.05) is 35.3 Å². The number of aliphatic hydroxyl groups excluding tert-OH is 1. The van der Waals surface area contributed by atoms with E-state index in [1.165, 1.54) is 0 Å². The quantitative estimate of drug-likeness (QED) is 0.406. The topological polar surface area (TPSA) is 20.2 Å². The standard InChI is InChI=1S/C10H22OS6/c11-1-3-16-9(5-13)7-15-8-10(6-14)17-4-2-12/h9-14H,1-8H2. The van der Waals surface area contributed by atoms with Crippen LogP contribution < -0.4 is 0 Å². The molecular weight excluding hydrogens is 329 g/mol. The Kier molecular flexibility index (Phi) is 16.2. The van der Waals surface area contributed by atoms with Gasteiger partial charge in [0.1, 0.15) is 0 Å². The summed E-state index contributed by atoms with van der Waals surface area (Å²) in [5, 5.41) is 9.96. The smallest absolute Gasteiger partial charge is 0.0521 e. The fraction of sp³-hybridized carbons (Fsp3) is 1.00. The van der Waals surface area contributed by atoms with Gasteiger partial charge in [-0.1, -0.05) is 0 Å². The highest BCUT2D eigenvalue weighted by molar-refractivity contribution is 8.05. The van der Waals surface area contributed by atoms with Gasteiger partial charge in [-0.2, -0.15) is 73.2 Å². The van der Waals surface area contributed by atoms with E-state index in [2.05, 4.69) is 37.9 Å². The third-order valence-corrected chi connectivity index (χ3v) is 7.97. The lowest BCUT2D eigenvalue weighted by molar-refractivity contribution is 0.322. The molecule has 2 atom stereocenters. The Morgan fingerprint density at radius 1 is 0.882 bits per heavy atom. The Morgan fingerprint density at radius 2 is 1.41 bits per heavy atom. The molecule has 0 bridgehead atoms. The van der Waals surface area contributed by atoms with E-state index in [0.717, 1.165) is 40.3 Å². The molecule has 0 saturated carbocycles. The number of hydrogen-bond acceptors (Lipinski definition) is 7. The molecule has 1 nitrogen and oxygen atoms in total. The van der Waals surface area contributed by atoms with Crippen LogP contribution in [0.1, 0.15) is 0 Å². The van der Waals surface area contributed by atoms with Crippen molar-refractivity contribution in [2.45, 2.75) is 10.5 Å². The normalized spacial score (nSPS) is 14.8. The van der Waals surface area contributed by atoms with Gasteiger partial charge in [-0.3, -0.25) is 0 Å². The van der Waals surface area contributed by atoms with Crippen LogP contribution in [-0.2, 0) is 0 Å². The summed E-state index contributed by atoms with van der Waals surface area (Å²) in [6.07, 6.45) is 0.